The van der Waals surface area contributed by atoms with Gasteiger partial charge in [0.1, 0.15) is 0 Å². The van der Waals surface area contributed by atoms with Gasteiger partial charge in [0.05, 0.1) is 4.92 Å². The summed E-state index contributed by atoms with van der Waals surface area (Å²) in [6.45, 7) is 1.77. The summed E-state index contributed by atoms with van der Waals surface area (Å²) >= 11 is 0. The first-order valence-corrected chi connectivity index (χ1v) is 3.36. The molecule has 0 atom stereocenters. The van der Waals surface area contributed by atoms with Gasteiger partial charge >= 0.3 is 0 Å². The Morgan fingerprint density at radius 1 is 1.50 bits per heavy atom. The smallest absolute Gasteiger partial charge is 0.258 e. The molecule has 3 nitrogen and oxygen atoms in total. The molecule has 3 heteroatoms. The minimum absolute atomic E-state index is 0.0444. The number of aryl methyl sites for hydroxylation is 1. The van der Waals surface area contributed by atoms with Gasteiger partial charge in [0.15, 0.2) is 0 Å². The number of rotatable bonds is 1. The fourth-order valence-corrected chi connectivity index (χ4v) is 0.952. The van der Waals surface area contributed by atoms with Gasteiger partial charge in [0, 0.05) is 17.7 Å². The maximum Gasteiger partial charge on any atom is 0.270 e. The van der Waals surface area contributed by atoms with Crippen LogP contribution in [-0.4, -0.2) is 4.92 Å². The lowest BCUT2D eigenvalue weighted by Crippen LogP contribution is -1.89. The third-order valence-corrected chi connectivity index (χ3v) is 1.44. The summed E-state index contributed by atoms with van der Waals surface area (Å²) in [5, 5.41) is 10.4. The van der Waals surface area contributed by atoms with Crippen LogP contribution in [0.4, 0.5) is 5.69 Å². The van der Waals surface area contributed by atoms with Gasteiger partial charge < -0.3 is 0 Å². The maximum absolute atomic E-state index is 10.4. The molecule has 1 aromatic carbocycles. The third kappa shape index (κ3) is 1.61. The van der Waals surface area contributed by atoms with Crippen molar-refractivity contribution in [2.45, 2.75) is 6.92 Å². The van der Waals surface area contributed by atoms with Gasteiger partial charge in [-0.25, -0.2) is 0 Å². The van der Waals surface area contributed by atoms with Crippen LogP contribution in [0.3, 0.4) is 0 Å². The number of terminal acetylenes is 1. The highest BCUT2D eigenvalue weighted by Gasteiger charge is 2.05. The van der Waals surface area contributed by atoms with Crippen molar-refractivity contribution in [1.29, 1.82) is 0 Å². The molecule has 0 saturated heterocycles. The van der Waals surface area contributed by atoms with Crippen LogP contribution in [0.15, 0.2) is 18.2 Å². The molecule has 0 heterocycles. The summed E-state index contributed by atoms with van der Waals surface area (Å²) in [5.74, 6) is 2.36. The number of hydrogen-bond acceptors (Lipinski definition) is 2. The summed E-state index contributed by atoms with van der Waals surface area (Å²) in [6, 6.07) is 4.60. The number of nitro groups is 1. The molecule has 1 aromatic rings. The number of nitrogens with zero attached hydrogens (tertiary/aromatic N) is 1. The van der Waals surface area contributed by atoms with Crippen LogP contribution in [0.2, 0.25) is 0 Å². The Bertz CT molecular complexity index is 363. The highest BCUT2D eigenvalue weighted by atomic mass is 16.6. The van der Waals surface area contributed by atoms with E-state index in [1.165, 1.54) is 12.1 Å². The Hall–Kier alpha value is -1.82. The molecule has 0 fully saturated rings. The SMILES string of the molecule is C#Cc1cc(C)cc([N+](=O)[O-])c1. The average Bonchev–Trinajstić information content (AvgIpc) is 2.03. The summed E-state index contributed by atoms with van der Waals surface area (Å²) in [5.41, 5.74) is 1.39. The van der Waals surface area contributed by atoms with Gasteiger partial charge in [-0.2, -0.15) is 0 Å². The van der Waals surface area contributed by atoms with Crippen molar-refractivity contribution in [3.63, 3.8) is 0 Å². The van der Waals surface area contributed by atoms with E-state index in [0.717, 1.165) is 5.56 Å². The Morgan fingerprint density at radius 3 is 2.67 bits per heavy atom. The Balaban J connectivity index is 3.26. The second kappa shape index (κ2) is 3.05. The fraction of sp³-hybridized carbons (Fsp3) is 0.111. The van der Waals surface area contributed by atoms with Crippen molar-refractivity contribution < 1.29 is 4.92 Å². The largest absolute Gasteiger partial charge is 0.270 e. The van der Waals surface area contributed by atoms with E-state index in [2.05, 4.69) is 5.92 Å². The van der Waals surface area contributed by atoms with Gasteiger partial charge in [-0.15, -0.1) is 6.42 Å². The van der Waals surface area contributed by atoms with E-state index >= 15 is 0 Å². The second-order valence-corrected chi connectivity index (χ2v) is 2.46. The molecule has 0 aliphatic rings. The summed E-state index contributed by atoms with van der Waals surface area (Å²) in [6.07, 6.45) is 5.12. The maximum atomic E-state index is 10.4. The number of benzene rings is 1. The summed E-state index contributed by atoms with van der Waals surface area (Å²) in [4.78, 5) is 9.91. The van der Waals surface area contributed by atoms with E-state index in [1.807, 2.05) is 0 Å². The van der Waals surface area contributed by atoms with Crippen LogP contribution in [0.5, 0.6) is 0 Å². The third-order valence-electron chi connectivity index (χ3n) is 1.44. The first-order valence-electron chi connectivity index (χ1n) is 3.36. The highest BCUT2D eigenvalue weighted by molar-refractivity contribution is 5.45. The highest BCUT2D eigenvalue weighted by Crippen LogP contribution is 2.15. The zero-order valence-electron chi connectivity index (χ0n) is 6.57. The molecule has 0 amide bonds. The molecule has 0 spiro atoms. The Labute approximate surface area is 70.2 Å². The Kier molecular flexibility index (Phi) is 2.11. The van der Waals surface area contributed by atoms with Crippen LogP contribution in [-0.2, 0) is 0 Å². The normalized spacial score (nSPS) is 9.00. The van der Waals surface area contributed by atoms with Gasteiger partial charge in [-0.3, -0.25) is 10.1 Å². The predicted molar refractivity (Wildman–Crippen MR) is 45.8 cm³/mol. The first-order chi connectivity index (χ1) is 5.63. The van der Waals surface area contributed by atoms with Crippen LogP contribution in [0.25, 0.3) is 0 Å². The van der Waals surface area contributed by atoms with E-state index in [4.69, 9.17) is 6.42 Å². The average molecular weight is 161 g/mol. The van der Waals surface area contributed by atoms with Gasteiger partial charge in [-0.1, -0.05) is 5.92 Å². The standard InChI is InChI=1S/C9H7NO2/c1-3-8-4-7(2)5-9(6-8)10(11)12/h1,4-6H,2H3. The van der Waals surface area contributed by atoms with Crippen molar-refractivity contribution in [2.75, 3.05) is 0 Å². The van der Waals surface area contributed by atoms with Crippen molar-refractivity contribution in [1.82, 2.24) is 0 Å². The molecule has 0 unspecified atom stereocenters. The van der Waals surface area contributed by atoms with Gasteiger partial charge in [0.2, 0.25) is 0 Å². The lowest BCUT2D eigenvalue weighted by molar-refractivity contribution is -0.384. The van der Waals surface area contributed by atoms with Crippen LogP contribution in [0.1, 0.15) is 11.1 Å². The van der Waals surface area contributed by atoms with E-state index in [-0.39, 0.29) is 5.69 Å². The molecule has 0 aromatic heterocycles. The van der Waals surface area contributed by atoms with Crippen molar-refractivity contribution in [2.24, 2.45) is 0 Å². The molecule has 0 aliphatic heterocycles. The number of non-ortho nitro benzene ring substituents is 1. The van der Waals surface area contributed by atoms with E-state index in [9.17, 15) is 10.1 Å². The van der Waals surface area contributed by atoms with Crippen LogP contribution in [0, 0.1) is 29.4 Å². The summed E-state index contributed by atoms with van der Waals surface area (Å²) in [7, 11) is 0. The molecule has 0 N–H and O–H groups in total. The predicted octanol–water partition coefficient (Wildman–Crippen LogP) is 1.88. The second-order valence-electron chi connectivity index (χ2n) is 2.46. The van der Waals surface area contributed by atoms with E-state index in [1.54, 1.807) is 13.0 Å². The van der Waals surface area contributed by atoms with E-state index < -0.39 is 4.92 Å². The molecule has 0 radical (unpaired) electrons. The lowest BCUT2D eigenvalue weighted by Gasteiger charge is -1.95. The van der Waals surface area contributed by atoms with Crippen molar-refractivity contribution in [3.05, 3.63) is 39.4 Å². The molecule has 0 saturated carbocycles. The lowest BCUT2D eigenvalue weighted by atomic mass is 10.1. The summed E-state index contributed by atoms with van der Waals surface area (Å²) < 4.78 is 0. The zero-order chi connectivity index (χ0) is 9.14. The zero-order valence-corrected chi connectivity index (χ0v) is 6.57. The van der Waals surface area contributed by atoms with Gasteiger partial charge in [-0.05, 0) is 18.6 Å². The molecule has 12 heavy (non-hydrogen) atoms. The molecule has 60 valence electrons. The molecule has 1 rings (SSSR count). The number of hydrogen-bond donors (Lipinski definition) is 0. The minimum Gasteiger partial charge on any atom is -0.258 e. The number of nitro benzene ring substituents is 1. The Morgan fingerprint density at radius 2 is 2.17 bits per heavy atom. The van der Waals surface area contributed by atoms with E-state index in [0.29, 0.717) is 5.56 Å². The fourth-order valence-electron chi connectivity index (χ4n) is 0.952. The van der Waals surface area contributed by atoms with Crippen LogP contribution >= 0.6 is 0 Å². The van der Waals surface area contributed by atoms with Crippen molar-refractivity contribution >= 4 is 5.69 Å². The van der Waals surface area contributed by atoms with Crippen LogP contribution < -0.4 is 0 Å². The molecular weight excluding hydrogens is 154 g/mol. The molecular formula is C9H7NO2. The minimum atomic E-state index is -0.451. The van der Waals surface area contributed by atoms with Crippen molar-refractivity contribution in [3.8, 4) is 12.3 Å². The molecule has 0 bridgehead atoms. The van der Waals surface area contributed by atoms with Gasteiger partial charge in [0.25, 0.3) is 5.69 Å². The quantitative estimate of drug-likeness (QED) is 0.358. The monoisotopic (exact) mass is 161 g/mol. The molecule has 0 aliphatic carbocycles. The topological polar surface area (TPSA) is 43.1 Å². The first kappa shape index (κ1) is 8.28.